The van der Waals surface area contributed by atoms with Crippen molar-refractivity contribution in [1.29, 1.82) is 0 Å². The first-order valence-corrected chi connectivity index (χ1v) is 10.4. The Balaban J connectivity index is 1.57. The molecule has 1 heterocycles. The number of aryl methyl sites for hydroxylation is 1. The van der Waals surface area contributed by atoms with Crippen molar-refractivity contribution in [3.8, 4) is 0 Å². The van der Waals surface area contributed by atoms with Crippen LogP contribution in [0.2, 0.25) is 0 Å². The average Bonchev–Trinajstić information content (AvgIpc) is 3.08. The van der Waals surface area contributed by atoms with Crippen molar-refractivity contribution in [3.05, 3.63) is 29.8 Å². The highest BCUT2D eigenvalue weighted by Gasteiger charge is 2.29. The van der Waals surface area contributed by atoms with Crippen LogP contribution in [-0.2, 0) is 10.0 Å². The molecule has 1 saturated carbocycles. The van der Waals surface area contributed by atoms with Crippen LogP contribution in [0.1, 0.15) is 31.2 Å². The van der Waals surface area contributed by atoms with Gasteiger partial charge < -0.3 is 10.2 Å². The summed E-state index contributed by atoms with van der Waals surface area (Å²) >= 11 is 5.50. The van der Waals surface area contributed by atoms with E-state index < -0.39 is 10.0 Å². The highest BCUT2D eigenvalue weighted by atomic mass is 32.2. The van der Waals surface area contributed by atoms with Crippen LogP contribution in [0.4, 0.5) is 0 Å². The van der Waals surface area contributed by atoms with E-state index in [2.05, 4.69) is 10.2 Å². The Kier molecular flexibility index (Phi) is 5.42. The van der Waals surface area contributed by atoms with Gasteiger partial charge in [-0.15, -0.1) is 0 Å². The van der Waals surface area contributed by atoms with Gasteiger partial charge in [0.25, 0.3) is 0 Å². The van der Waals surface area contributed by atoms with E-state index in [1.165, 1.54) is 25.7 Å². The van der Waals surface area contributed by atoms with Gasteiger partial charge in [-0.2, -0.15) is 4.31 Å². The van der Waals surface area contributed by atoms with Gasteiger partial charge in [0, 0.05) is 32.2 Å². The van der Waals surface area contributed by atoms with Gasteiger partial charge in [-0.25, -0.2) is 8.42 Å². The van der Waals surface area contributed by atoms with E-state index in [0.717, 1.165) is 10.7 Å². The average molecular weight is 368 g/mol. The number of hydrogen-bond donors (Lipinski definition) is 1. The molecule has 1 aliphatic heterocycles. The maximum absolute atomic E-state index is 12.7. The summed E-state index contributed by atoms with van der Waals surface area (Å²) < 4.78 is 27.0. The number of sulfonamides is 1. The van der Waals surface area contributed by atoms with Crippen molar-refractivity contribution in [2.24, 2.45) is 0 Å². The Morgan fingerprint density at radius 3 is 2.25 bits per heavy atom. The second-order valence-corrected chi connectivity index (χ2v) is 8.96. The summed E-state index contributed by atoms with van der Waals surface area (Å²) in [4.78, 5) is 2.46. The molecule has 1 saturated heterocycles. The van der Waals surface area contributed by atoms with Crippen LogP contribution in [0.15, 0.2) is 29.2 Å². The van der Waals surface area contributed by atoms with Gasteiger partial charge in [-0.3, -0.25) is 0 Å². The third-order valence-corrected chi connectivity index (χ3v) is 7.16. The third kappa shape index (κ3) is 3.90. The van der Waals surface area contributed by atoms with Crippen molar-refractivity contribution in [2.45, 2.75) is 43.5 Å². The lowest BCUT2D eigenvalue weighted by Gasteiger charge is -2.36. The summed E-state index contributed by atoms with van der Waals surface area (Å²) in [5.74, 6) is 0. The first kappa shape index (κ1) is 17.6. The molecule has 1 aliphatic carbocycles. The van der Waals surface area contributed by atoms with Gasteiger partial charge in [0.2, 0.25) is 10.0 Å². The number of rotatable bonds is 3. The lowest BCUT2D eigenvalue weighted by atomic mass is 10.2. The number of piperazine rings is 1. The minimum Gasteiger partial charge on any atom is -0.360 e. The normalized spacial score (nSPS) is 20.3. The maximum atomic E-state index is 12.7. The molecule has 5 nitrogen and oxygen atoms in total. The Labute approximate surface area is 150 Å². The van der Waals surface area contributed by atoms with Crippen LogP contribution in [0.5, 0.6) is 0 Å². The summed E-state index contributed by atoms with van der Waals surface area (Å²) in [7, 11) is -3.41. The molecule has 24 heavy (non-hydrogen) atoms. The predicted octanol–water partition coefficient (Wildman–Crippen LogP) is 2.12. The van der Waals surface area contributed by atoms with Crippen LogP contribution < -0.4 is 5.32 Å². The fourth-order valence-corrected chi connectivity index (χ4v) is 5.10. The Morgan fingerprint density at radius 2 is 1.67 bits per heavy atom. The molecule has 7 heteroatoms. The highest BCUT2D eigenvalue weighted by Crippen LogP contribution is 2.20. The SMILES string of the molecule is Cc1ccc(S(=O)(=O)N2CCN(C(=S)NC3CCCC3)CC2)cc1. The van der Waals surface area contributed by atoms with Crippen LogP contribution in [0.3, 0.4) is 0 Å². The molecular weight excluding hydrogens is 342 g/mol. The highest BCUT2D eigenvalue weighted by molar-refractivity contribution is 7.89. The number of thiocarbonyl (C=S) groups is 1. The monoisotopic (exact) mass is 367 g/mol. The van der Waals surface area contributed by atoms with Gasteiger partial charge in [0.15, 0.2) is 5.11 Å². The molecule has 0 aromatic heterocycles. The maximum Gasteiger partial charge on any atom is 0.243 e. The van der Waals surface area contributed by atoms with Crippen molar-refractivity contribution in [2.75, 3.05) is 26.2 Å². The van der Waals surface area contributed by atoms with Crippen molar-refractivity contribution < 1.29 is 8.42 Å². The molecule has 1 aromatic rings. The van der Waals surface area contributed by atoms with E-state index in [1.54, 1.807) is 16.4 Å². The van der Waals surface area contributed by atoms with Crippen LogP contribution in [-0.4, -0.2) is 55.0 Å². The minimum absolute atomic E-state index is 0.369. The van der Waals surface area contributed by atoms with E-state index in [1.807, 2.05) is 19.1 Å². The Hall–Kier alpha value is -1.18. The fourth-order valence-electron chi connectivity index (χ4n) is 3.33. The summed E-state index contributed by atoms with van der Waals surface area (Å²) in [6.45, 7) is 4.19. The molecule has 1 N–H and O–H groups in total. The van der Waals surface area contributed by atoms with Crippen LogP contribution >= 0.6 is 12.2 Å². The summed E-state index contributed by atoms with van der Waals surface area (Å²) in [6, 6.07) is 7.53. The molecule has 0 spiro atoms. The molecule has 0 radical (unpaired) electrons. The summed E-state index contributed by atoms with van der Waals surface area (Å²) in [5, 5.41) is 4.20. The molecule has 2 fully saturated rings. The fraction of sp³-hybridized carbons (Fsp3) is 0.588. The molecule has 3 rings (SSSR count). The second kappa shape index (κ2) is 7.37. The number of nitrogens with zero attached hydrogens (tertiary/aromatic N) is 2. The van der Waals surface area contributed by atoms with Crippen molar-refractivity contribution in [1.82, 2.24) is 14.5 Å². The smallest absolute Gasteiger partial charge is 0.243 e. The van der Waals surface area contributed by atoms with E-state index in [9.17, 15) is 8.42 Å². The number of nitrogens with one attached hydrogen (secondary N) is 1. The van der Waals surface area contributed by atoms with Gasteiger partial charge in [-0.05, 0) is 44.1 Å². The molecule has 1 aromatic carbocycles. The number of hydrogen-bond acceptors (Lipinski definition) is 3. The van der Waals surface area contributed by atoms with Crippen molar-refractivity contribution >= 4 is 27.4 Å². The molecule has 0 bridgehead atoms. The zero-order valence-corrected chi connectivity index (χ0v) is 15.7. The van der Waals surface area contributed by atoms with E-state index in [-0.39, 0.29) is 0 Å². The van der Waals surface area contributed by atoms with Gasteiger partial charge in [0.1, 0.15) is 0 Å². The molecule has 0 amide bonds. The minimum atomic E-state index is -3.41. The van der Waals surface area contributed by atoms with Gasteiger partial charge >= 0.3 is 0 Å². The van der Waals surface area contributed by atoms with E-state index in [0.29, 0.717) is 37.1 Å². The third-order valence-electron chi connectivity index (χ3n) is 4.87. The van der Waals surface area contributed by atoms with Crippen LogP contribution in [0, 0.1) is 6.92 Å². The van der Waals surface area contributed by atoms with E-state index in [4.69, 9.17) is 12.2 Å². The van der Waals surface area contributed by atoms with E-state index >= 15 is 0 Å². The van der Waals surface area contributed by atoms with Gasteiger partial charge in [0.05, 0.1) is 4.90 Å². The molecule has 132 valence electrons. The van der Waals surface area contributed by atoms with Gasteiger partial charge in [-0.1, -0.05) is 30.5 Å². The topological polar surface area (TPSA) is 52.7 Å². The lowest BCUT2D eigenvalue weighted by molar-refractivity contribution is 0.262. The molecule has 0 atom stereocenters. The second-order valence-electron chi connectivity index (χ2n) is 6.64. The lowest BCUT2D eigenvalue weighted by Crippen LogP contribution is -2.54. The van der Waals surface area contributed by atoms with Crippen molar-refractivity contribution in [3.63, 3.8) is 0 Å². The number of benzene rings is 1. The predicted molar refractivity (Wildman–Crippen MR) is 99.5 cm³/mol. The first-order valence-electron chi connectivity index (χ1n) is 8.59. The quantitative estimate of drug-likeness (QED) is 0.830. The zero-order valence-electron chi connectivity index (χ0n) is 14.1. The molecule has 0 unspecified atom stereocenters. The summed E-state index contributed by atoms with van der Waals surface area (Å²) in [6.07, 6.45) is 4.90. The molecular formula is C17H25N3O2S2. The summed E-state index contributed by atoms with van der Waals surface area (Å²) in [5.41, 5.74) is 1.06. The first-order chi connectivity index (χ1) is 11.5. The largest absolute Gasteiger partial charge is 0.360 e. The standard InChI is InChI=1S/C17H25N3O2S2/c1-14-6-8-16(9-7-14)24(21,22)20-12-10-19(11-13-20)17(23)18-15-4-2-3-5-15/h6-9,15H,2-5,10-13H2,1H3,(H,18,23). The van der Waals surface area contributed by atoms with Crippen LogP contribution in [0.25, 0.3) is 0 Å². The molecule has 2 aliphatic rings. The Morgan fingerprint density at radius 1 is 1.08 bits per heavy atom. The Bertz CT molecular complexity index is 674. The zero-order chi connectivity index (χ0) is 17.2.